The Morgan fingerprint density at radius 3 is 3.18 bits per heavy atom. The van der Waals surface area contributed by atoms with E-state index in [4.69, 9.17) is 9.47 Å². The summed E-state index contributed by atoms with van der Waals surface area (Å²) < 4.78 is 11.8. The van der Waals surface area contributed by atoms with Crippen molar-refractivity contribution in [2.24, 2.45) is 0 Å². The van der Waals surface area contributed by atoms with E-state index >= 15 is 0 Å². The smallest absolute Gasteiger partial charge is 0.333 e. The second-order valence-electron chi connectivity index (χ2n) is 3.61. The third-order valence-electron chi connectivity index (χ3n) is 2.63. The first-order valence-electron chi connectivity index (χ1n) is 5.19. The summed E-state index contributed by atoms with van der Waals surface area (Å²) in [5.41, 5.74) is 1.80. The van der Waals surface area contributed by atoms with Gasteiger partial charge in [0.15, 0.2) is 0 Å². The van der Waals surface area contributed by atoms with Gasteiger partial charge in [-0.15, -0.1) is 5.10 Å². The first-order chi connectivity index (χ1) is 8.29. The molecule has 2 heterocycles. The molecule has 6 heteroatoms. The topological polar surface area (TPSA) is 53.4 Å². The average molecular weight is 250 g/mol. The Bertz CT molecular complexity index is 617. The molecular formula is C11H10N2O3S. The van der Waals surface area contributed by atoms with Crippen LogP contribution in [-0.4, -0.2) is 23.5 Å². The van der Waals surface area contributed by atoms with Crippen LogP contribution in [0.5, 0.6) is 10.9 Å². The van der Waals surface area contributed by atoms with E-state index in [1.54, 1.807) is 0 Å². The number of benzene rings is 1. The Morgan fingerprint density at radius 2 is 2.41 bits per heavy atom. The molecule has 0 aliphatic carbocycles. The first-order valence-corrected chi connectivity index (χ1v) is 6.00. The number of hydrogen-bond donors (Lipinski definition) is 0. The van der Waals surface area contributed by atoms with Crippen molar-refractivity contribution in [3.05, 3.63) is 33.4 Å². The molecule has 1 aromatic heterocycles. The Balaban J connectivity index is 2.19. The predicted octanol–water partition coefficient (Wildman–Crippen LogP) is 1.24. The van der Waals surface area contributed by atoms with E-state index in [0.717, 1.165) is 29.1 Å². The maximum Gasteiger partial charge on any atom is 0.333 e. The second-order valence-corrected chi connectivity index (χ2v) is 4.52. The Hall–Kier alpha value is -1.82. The maximum absolute atomic E-state index is 11.8. The Labute approximate surface area is 101 Å². The van der Waals surface area contributed by atoms with Crippen molar-refractivity contribution in [1.29, 1.82) is 0 Å². The number of hydrogen-bond acceptors (Lipinski definition) is 5. The number of rotatable bonds is 2. The minimum atomic E-state index is -0.175. The number of methoxy groups -OCH3 is 1. The lowest BCUT2D eigenvalue weighted by Crippen LogP contribution is -2.13. The number of nitrogens with zero attached hydrogens (tertiary/aromatic N) is 2. The highest BCUT2D eigenvalue weighted by atomic mass is 32.1. The molecule has 0 atom stereocenters. The third kappa shape index (κ3) is 1.61. The van der Waals surface area contributed by atoms with Crippen LogP contribution in [0.25, 0.3) is 5.69 Å². The quantitative estimate of drug-likeness (QED) is 0.804. The highest BCUT2D eigenvalue weighted by molar-refractivity contribution is 7.10. The van der Waals surface area contributed by atoms with Crippen LogP contribution in [0.4, 0.5) is 0 Å². The molecule has 17 heavy (non-hydrogen) atoms. The van der Waals surface area contributed by atoms with E-state index in [1.807, 2.05) is 18.2 Å². The van der Waals surface area contributed by atoms with E-state index in [9.17, 15) is 4.79 Å². The van der Waals surface area contributed by atoms with Gasteiger partial charge >= 0.3 is 4.87 Å². The lowest BCUT2D eigenvalue weighted by molar-refractivity contribution is 0.354. The fourth-order valence-electron chi connectivity index (χ4n) is 1.86. The van der Waals surface area contributed by atoms with Crippen LogP contribution in [0.1, 0.15) is 5.56 Å². The maximum atomic E-state index is 11.8. The number of aromatic nitrogens is 2. The molecule has 1 aromatic carbocycles. The summed E-state index contributed by atoms with van der Waals surface area (Å²) in [7, 11) is 1.49. The molecule has 0 saturated heterocycles. The molecule has 0 radical (unpaired) electrons. The number of fused-ring (bicyclic) bond motifs is 1. The van der Waals surface area contributed by atoms with Crippen LogP contribution in [0.2, 0.25) is 0 Å². The van der Waals surface area contributed by atoms with Gasteiger partial charge in [-0.2, -0.15) is 4.68 Å². The highest BCUT2D eigenvalue weighted by Crippen LogP contribution is 2.31. The summed E-state index contributed by atoms with van der Waals surface area (Å²) in [5.74, 6) is 0.752. The molecule has 0 N–H and O–H groups in total. The zero-order chi connectivity index (χ0) is 11.8. The summed E-state index contributed by atoms with van der Waals surface area (Å²) in [6.07, 6.45) is 0.874. The van der Waals surface area contributed by atoms with Gasteiger partial charge in [0.2, 0.25) is 0 Å². The van der Waals surface area contributed by atoms with Crippen LogP contribution in [0.3, 0.4) is 0 Å². The summed E-state index contributed by atoms with van der Waals surface area (Å²) in [6, 6.07) is 5.73. The molecule has 3 rings (SSSR count). The molecule has 0 unspecified atom stereocenters. The molecule has 1 aliphatic heterocycles. The van der Waals surface area contributed by atoms with E-state index < -0.39 is 0 Å². The number of para-hydroxylation sites is 1. The van der Waals surface area contributed by atoms with Gasteiger partial charge in [-0.1, -0.05) is 12.1 Å². The van der Waals surface area contributed by atoms with E-state index in [1.165, 1.54) is 11.8 Å². The van der Waals surface area contributed by atoms with Crippen molar-refractivity contribution in [2.75, 3.05) is 13.7 Å². The molecule has 1 aliphatic rings. The lowest BCUT2D eigenvalue weighted by Gasteiger charge is -2.05. The van der Waals surface area contributed by atoms with Gasteiger partial charge in [0.25, 0.3) is 5.19 Å². The third-order valence-corrected chi connectivity index (χ3v) is 3.40. The van der Waals surface area contributed by atoms with Crippen molar-refractivity contribution in [1.82, 2.24) is 9.78 Å². The van der Waals surface area contributed by atoms with Crippen molar-refractivity contribution in [2.45, 2.75) is 6.42 Å². The van der Waals surface area contributed by atoms with E-state index in [-0.39, 0.29) is 4.87 Å². The molecule has 0 fully saturated rings. The minimum absolute atomic E-state index is 0.175. The molecule has 5 nitrogen and oxygen atoms in total. The van der Waals surface area contributed by atoms with Crippen LogP contribution in [0.15, 0.2) is 23.0 Å². The average Bonchev–Trinajstić information content (AvgIpc) is 2.94. The predicted molar refractivity (Wildman–Crippen MR) is 63.5 cm³/mol. The monoisotopic (exact) mass is 250 g/mol. The van der Waals surface area contributed by atoms with Crippen LogP contribution >= 0.6 is 11.3 Å². The van der Waals surface area contributed by atoms with Gasteiger partial charge in [0.05, 0.1) is 13.7 Å². The fraction of sp³-hybridized carbons (Fsp3) is 0.273. The molecule has 0 saturated carbocycles. The van der Waals surface area contributed by atoms with Gasteiger partial charge in [0.1, 0.15) is 11.4 Å². The second kappa shape index (κ2) is 3.89. The van der Waals surface area contributed by atoms with Gasteiger partial charge in [-0.3, -0.25) is 4.79 Å². The summed E-state index contributed by atoms with van der Waals surface area (Å²) in [6.45, 7) is 0.655. The van der Waals surface area contributed by atoms with Gasteiger partial charge in [-0.25, -0.2) is 0 Å². The van der Waals surface area contributed by atoms with Crippen LogP contribution in [-0.2, 0) is 6.42 Å². The minimum Gasteiger partial charge on any atom is -0.491 e. The zero-order valence-corrected chi connectivity index (χ0v) is 9.99. The van der Waals surface area contributed by atoms with Crippen molar-refractivity contribution in [3.8, 4) is 16.6 Å². The van der Waals surface area contributed by atoms with Gasteiger partial charge < -0.3 is 9.47 Å². The SMILES string of the molecule is COc1nn(-c2cccc3c2OCC3)c(=O)s1. The fourth-order valence-corrected chi connectivity index (χ4v) is 2.44. The largest absolute Gasteiger partial charge is 0.491 e. The lowest BCUT2D eigenvalue weighted by atomic mass is 10.1. The molecule has 0 spiro atoms. The van der Waals surface area contributed by atoms with Gasteiger partial charge in [-0.05, 0) is 23.0 Å². The highest BCUT2D eigenvalue weighted by Gasteiger charge is 2.19. The Kier molecular flexibility index (Phi) is 2.36. The molecule has 2 aromatic rings. The molecular weight excluding hydrogens is 240 g/mol. The van der Waals surface area contributed by atoms with Crippen LogP contribution < -0.4 is 14.3 Å². The summed E-state index contributed by atoms with van der Waals surface area (Å²) >= 11 is 0.973. The first kappa shape index (κ1) is 10.3. The number of ether oxygens (including phenoxy) is 2. The van der Waals surface area contributed by atoms with E-state index in [2.05, 4.69) is 5.10 Å². The standard InChI is InChI=1S/C11H10N2O3S/c1-15-10-12-13(11(14)17-10)8-4-2-3-7-5-6-16-9(7)8/h2-4H,5-6H2,1H3. The Morgan fingerprint density at radius 1 is 1.53 bits per heavy atom. The zero-order valence-electron chi connectivity index (χ0n) is 9.17. The molecule has 0 bridgehead atoms. The van der Waals surface area contributed by atoms with E-state index in [0.29, 0.717) is 17.5 Å². The molecule has 0 amide bonds. The van der Waals surface area contributed by atoms with Crippen molar-refractivity contribution >= 4 is 11.3 Å². The normalized spacial score (nSPS) is 13.2. The molecule has 88 valence electrons. The summed E-state index contributed by atoms with van der Waals surface area (Å²) in [4.78, 5) is 11.6. The van der Waals surface area contributed by atoms with Crippen molar-refractivity contribution in [3.63, 3.8) is 0 Å². The van der Waals surface area contributed by atoms with Crippen LogP contribution in [0, 0.1) is 0 Å². The van der Waals surface area contributed by atoms with Crippen molar-refractivity contribution < 1.29 is 9.47 Å². The van der Waals surface area contributed by atoms with Gasteiger partial charge in [0, 0.05) is 6.42 Å². The summed E-state index contributed by atoms with van der Waals surface area (Å²) in [5, 5.41) is 4.45.